The molecule has 1 saturated carbocycles. The molecule has 184 valence electrons. The molecule has 0 N–H and O–H groups in total. The van der Waals surface area contributed by atoms with Crippen molar-refractivity contribution in [2.45, 2.75) is 54.5 Å². The lowest BCUT2D eigenvalue weighted by Gasteiger charge is -2.35. The van der Waals surface area contributed by atoms with E-state index in [9.17, 15) is 51.9 Å². The van der Waals surface area contributed by atoms with Crippen molar-refractivity contribution in [1.29, 1.82) is 0 Å². The second-order valence-electron chi connectivity index (χ2n) is 6.82. The van der Waals surface area contributed by atoms with Crippen LogP contribution in [0.2, 0.25) is 0 Å². The Kier molecular flexibility index (Phi) is 7.61. The molecule has 0 aromatic heterocycles. The SMILES string of the molecule is O=S([O-])[N-]S(=O)(=O)C(F)(F)C(F)(F)C(F)(F)S(=O)(=O)Oc1ccc(C2CCCCC2)cc1. The standard InChI is InChI=1S/C15H16F6NO7S3/c16-13(17,14(18,19)31(25,26)22-30(23)24)15(20,21)32(27,28)29-12-8-6-11(7-9-12)10-4-2-1-3-5-10/h6-10H,1-5H2,(H,23,24)/q-1/p-1. The van der Waals surface area contributed by atoms with Gasteiger partial charge in [-0.1, -0.05) is 31.4 Å². The molecule has 0 saturated heterocycles. The van der Waals surface area contributed by atoms with Crippen LogP contribution in [-0.2, 0) is 31.4 Å². The molecule has 2 rings (SSSR count). The number of halogens is 6. The Labute approximate surface area is 181 Å². The van der Waals surface area contributed by atoms with Crippen LogP contribution in [0.3, 0.4) is 0 Å². The Morgan fingerprint density at radius 3 is 1.88 bits per heavy atom. The predicted molar refractivity (Wildman–Crippen MR) is 97.9 cm³/mol. The second-order valence-corrected chi connectivity index (χ2v) is 10.9. The van der Waals surface area contributed by atoms with Crippen molar-refractivity contribution < 1.29 is 56.1 Å². The zero-order valence-corrected chi connectivity index (χ0v) is 18.2. The molecule has 32 heavy (non-hydrogen) atoms. The lowest BCUT2D eigenvalue weighted by molar-refractivity contribution is -0.245. The average molecular weight is 531 g/mol. The van der Waals surface area contributed by atoms with Gasteiger partial charge in [0.15, 0.2) is 10.0 Å². The van der Waals surface area contributed by atoms with E-state index in [2.05, 4.69) is 4.18 Å². The molecule has 1 aromatic rings. The van der Waals surface area contributed by atoms with Gasteiger partial charge in [0.25, 0.3) is 0 Å². The Hall–Kier alpha value is -1.43. The molecule has 0 bridgehead atoms. The molecule has 1 unspecified atom stereocenters. The van der Waals surface area contributed by atoms with E-state index in [0.717, 1.165) is 44.2 Å². The van der Waals surface area contributed by atoms with Crippen molar-refractivity contribution in [1.82, 2.24) is 0 Å². The van der Waals surface area contributed by atoms with Crippen LogP contribution in [0.25, 0.3) is 4.13 Å². The molecule has 1 aliphatic carbocycles. The van der Waals surface area contributed by atoms with E-state index >= 15 is 0 Å². The maximum absolute atomic E-state index is 14.0. The van der Waals surface area contributed by atoms with E-state index in [4.69, 9.17) is 0 Å². The summed E-state index contributed by atoms with van der Waals surface area (Å²) in [6.45, 7) is 0. The molecule has 1 aromatic carbocycles. The van der Waals surface area contributed by atoms with Crippen molar-refractivity contribution in [2.75, 3.05) is 0 Å². The van der Waals surface area contributed by atoms with Gasteiger partial charge in [-0.3, -0.25) is 4.21 Å². The molecule has 17 heteroatoms. The summed E-state index contributed by atoms with van der Waals surface area (Å²) < 4.78 is 154. The van der Waals surface area contributed by atoms with E-state index in [1.54, 1.807) is 0 Å². The first-order chi connectivity index (χ1) is 14.5. The van der Waals surface area contributed by atoms with Crippen LogP contribution in [0.1, 0.15) is 43.6 Å². The number of hydrogen-bond acceptors (Lipinski definition) is 7. The van der Waals surface area contributed by atoms with Gasteiger partial charge in [-0.25, -0.2) is 8.42 Å². The Morgan fingerprint density at radius 2 is 1.41 bits per heavy atom. The van der Waals surface area contributed by atoms with Gasteiger partial charge in [0.2, 0.25) is 0 Å². The minimum atomic E-state index is -7.16. The summed E-state index contributed by atoms with van der Waals surface area (Å²) in [6, 6.07) is 4.28. The maximum Gasteiger partial charge on any atom is 0.450 e. The van der Waals surface area contributed by atoms with Gasteiger partial charge in [-0.2, -0.15) is 46.0 Å². The lowest BCUT2D eigenvalue weighted by atomic mass is 9.84. The average Bonchev–Trinajstić information content (AvgIpc) is 2.67. The molecular formula is C15H15F6NO7S3-2. The third-order valence-electron chi connectivity index (χ3n) is 4.69. The summed E-state index contributed by atoms with van der Waals surface area (Å²) >= 11 is -4.25. The van der Waals surface area contributed by atoms with Crippen molar-refractivity contribution in [3.05, 3.63) is 34.0 Å². The van der Waals surface area contributed by atoms with E-state index in [1.807, 2.05) is 0 Å². The summed E-state index contributed by atoms with van der Waals surface area (Å²) in [5.41, 5.74) is 0.691. The summed E-state index contributed by atoms with van der Waals surface area (Å²) in [7, 11) is -14.0. The Bertz CT molecular complexity index is 1060. The first-order valence-corrected chi connectivity index (χ1v) is 12.6. The Morgan fingerprint density at radius 1 is 0.906 bits per heavy atom. The zero-order chi connectivity index (χ0) is 24.6. The molecule has 0 spiro atoms. The van der Waals surface area contributed by atoms with Crippen LogP contribution < -0.4 is 4.18 Å². The number of benzene rings is 1. The third-order valence-corrected chi connectivity index (χ3v) is 8.16. The van der Waals surface area contributed by atoms with Crippen LogP contribution in [0.4, 0.5) is 26.3 Å². The van der Waals surface area contributed by atoms with Crippen molar-refractivity contribution in [3.63, 3.8) is 0 Å². The van der Waals surface area contributed by atoms with Gasteiger partial charge in [-0.05, 0) is 36.5 Å². The van der Waals surface area contributed by atoms with Crippen LogP contribution in [-0.4, -0.2) is 42.0 Å². The normalized spacial score (nSPS) is 18.3. The Balaban J connectivity index is 2.32. The molecule has 1 atom stereocenters. The molecule has 0 aliphatic heterocycles. The highest BCUT2D eigenvalue weighted by Crippen LogP contribution is 2.52. The zero-order valence-electron chi connectivity index (χ0n) is 15.7. The molecule has 0 radical (unpaired) electrons. The minimum absolute atomic E-state index is 0.0967. The van der Waals surface area contributed by atoms with Crippen LogP contribution in [0.5, 0.6) is 5.75 Å². The fourth-order valence-corrected chi connectivity index (χ4v) is 5.47. The summed E-state index contributed by atoms with van der Waals surface area (Å²) in [5, 5.41) is -13.7. The topological polar surface area (TPSA) is 132 Å². The van der Waals surface area contributed by atoms with Crippen LogP contribution in [0, 0.1) is 0 Å². The first kappa shape index (κ1) is 26.8. The molecule has 8 nitrogen and oxygen atoms in total. The van der Waals surface area contributed by atoms with Crippen molar-refractivity contribution in [3.8, 4) is 5.75 Å². The van der Waals surface area contributed by atoms with E-state index in [0.29, 0.717) is 5.56 Å². The van der Waals surface area contributed by atoms with Gasteiger partial charge < -0.3 is 12.9 Å². The molecule has 0 amide bonds. The number of rotatable bonds is 9. The maximum atomic E-state index is 14.0. The molecule has 0 heterocycles. The van der Waals surface area contributed by atoms with Crippen molar-refractivity contribution >= 4 is 31.4 Å². The predicted octanol–water partition coefficient (Wildman–Crippen LogP) is 3.76. The van der Waals surface area contributed by atoms with E-state index < -0.39 is 53.6 Å². The van der Waals surface area contributed by atoms with Gasteiger partial charge in [0, 0.05) is 0 Å². The highest BCUT2D eigenvalue weighted by atomic mass is 32.3. The monoisotopic (exact) mass is 531 g/mol. The van der Waals surface area contributed by atoms with Gasteiger partial charge in [0.1, 0.15) is 5.75 Å². The van der Waals surface area contributed by atoms with Gasteiger partial charge in [-0.15, -0.1) is 0 Å². The van der Waals surface area contributed by atoms with Crippen LogP contribution in [0.15, 0.2) is 24.3 Å². The first-order valence-electron chi connectivity index (χ1n) is 8.70. The number of hydrogen-bond donors (Lipinski definition) is 0. The quantitative estimate of drug-likeness (QED) is 0.269. The van der Waals surface area contributed by atoms with E-state index in [-0.39, 0.29) is 5.92 Å². The lowest BCUT2D eigenvalue weighted by Crippen LogP contribution is -2.61. The number of nitrogens with zero attached hydrogens (tertiary/aromatic N) is 1. The number of sulfonamides is 1. The summed E-state index contributed by atoms with van der Waals surface area (Å²) in [6.07, 6.45) is 4.51. The smallest absolute Gasteiger partial charge is 0.450 e. The second kappa shape index (κ2) is 9.08. The van der Waals surface area contributed by atoms with E-state index in [1.165, 1.54) is 16.3 Å². The highest BCUT2D eigenvalue weighted by Gasteiger charge is 2.81. The molecular weight excluding hydrogens is 516 g/mol. The van der Waals surface area contributed by atoms with Crippen LogP contribution >= 0.6 is 0 Å². The summed E-state index contributed by atoms with van der Waals surface area (Å²) in [5.74, 6) is -7.99. The molecule has 1 fully saturated rings. The van der Waals surface area contributed by atoms with Gasteiger partial charge >= 0.3 is 26.5 Å². The van der Waals surface area contributed by atoms with Crippen molar-refractivity contribution in [2.24, 2.45) is 0 Å². The largest absolute Gasteiger partial charge is 0.788 e. The third kappa shape index (κ3) is 4.90. The number of alkyl halides is 6. The fraction of sp³-hybridized carbons (Fsp3) is 0.600. The van der Waals surface area contributed by atoms with Gasteiger partial charge in [0.05, 0.1) is 0 Å². The molecule has 1 aliphatic rings. The highest BCUT2D eigenvalue weighted by molar-refractivity contribution is 8.08. The minimum Gasteiger partial charge on any atom is -0.788 e. The summed E-state index contributed by atoms with van der Waals surface area (Å²) in [4.78, 5) is 0. The fourth-order valence-electron chi connectivity index (χ4n) is 3.03.